The maximum atomic E-state index is 12.3. The van der Waals surface area contributed by atoms with Crippen LogP contribution < -0.4 is 10.1 Å². The Balaban J connectivity index is 1.45. The lowest BCUT2D eigenvalue weighted by Gasteiger charge is -2.17. The van der Waals surface area contributed by atoms with E-state index in [4.69, 9.17) is 4.74 Å². The van der Waals surface area contributed by atoms with Crippen molar-refractivity contribution in [1.29, 1.82) is 0 Å². The molecule has 28 heavy (non-hydrogen) atoms. The summed E-state index contributed by atoms with van der Waals surface area (Å²) in [5.74, 6) is 1.27. The van der Waals surface area contributed by atoms with Gasteiger partial charge in [-0.2, -0.15) is 0 Å². The monoisotopic (exact) mass is 380 g/mol. The summed E-state index contributed by atoms with van der Waals surface area (Å²) in [7, 11) is 1.75. The lowest BCUT2D eigenvalue weighted by atomic mass is 10.3. The van der Waals surface area contributed by atoms with Crippen molar-refractivity contribution < 1.29 is 14.3 Å². The van der Waals surface area contributed by atoms with Gasteiger partial charge in [-0.3, -0.25) is 9.59 Å². The van der Waals surface area contributed by atoms with Crippen molar-refractivity contribution in [2.45, 2.75) is 19.8 Å². The number of aromatic amines is 1. The van der Waals surface area contributed by atoms with Crippen LogP contribution >= 0.6 is 0 Å². The molecule has 0 aliphatic carbocycles. The maximum absolute atomic E-state index is 12.3. The SMILES string of the molecule is CCC(=O)Nc1ccc(OCC(=O)N(C)CCc2nc3ccccc3[nH]2)cc1. The molecule has 0 fully saturated rings. The molecule has 0 atom stereocenters. The molecule has 3 aromatic rings. The zero-order valence-corrected chi connectivity index (χ0v) is 16.1. The zero-order valence-electron chi connectivity index (χ0n) is 16.1. The number of fused-ring (bicyclic) bond motifs is 1. The highest BCUT2D eigenvalue weighted by atomic mass is 16.5. The van der Waals surface area contributed by atoms with Crippen LogP contribution in [0.5, 0.6) is 5.75 Å². The third kappa shape index (κ3) is 5.09. The molecule has 7 heteroatoms. The van der Waals surface area contributed by atoms with E-state index in [0.29, 0.717) is 30.8 Å². The number of ether oxygens (including phenoxy) is 1. The van der Waals surface area contributed by atoms with Gasteiger partial charge in [-0.1, -0.05) is 19.1 Å². The fraction of sp³-hybridized carbons (Fsp3) is 0.286. The molecular weight excluding hydrogens is 356 g/mol. The normalized spacial score (nSPS) is 10.6. The van der Waals surface area contributed by atoms with E-state index in [0.717, 1.165) is 16.9 Å². The van der Waals surface area contributed by atoms with Crippen LogP contribution in [-0.4, -0.2) is 46.9 Å². The quantitative estimate of drug-likeness (QED) is 0.629. The highest BCUT2D eigenvalue weighted by Crippen LogP contribution is 2.16. The van der Waals surface area contributed by atoms with Crippen molar-refractivity contribution in [3.05, 3.63) is 54.4 Å². The third-order valence-corrected chi connectivity index (χ3v) is 4.37. The second kappa shape index (κ2) is 9.03. The van der Waals surface area contributed by atoms with Crippen LogP contribution in [0.1, 0.15) is 19.2 Å². The first-order chi connectivity index (χ1) is 13.5. The summed E-state index contributed by atoms with van der Waals surface area (Å²) in [5, 5.41) is 2.77. The molecule has 0 spiro atoms. The Morgan fingerprint density at radius 3 is 2.61 bits per heavy atom. The molecule has 0 unspecified atom stereocenters. The Labute approximate surface area is 163 Å². The van der Waals surface area contributed by atoms with Crippen LogP contribution in [0.2, 0.25) is 0 Å². The fourth-order valence-electron chi connectivity index (χ4n) is 2.66. The number of nitrogens with zero attached hydrogens (tertiary/aromatic N) is 2. The summed E-state index contributed by atoms with van der Waals surface area (Å²) in [6.45, 7) is 2.30. The smallest absolute Gasteiger partial charge is 0.260 e. The van der Waals surface area contributed by atoms with Gasteiger partial charge in [0.15, 0.2) is 6.61 Å². The van der Waals surface area contributed by atoms with Crippen molar-refractivity contribution >= 4 is 28.5 Å². The molecular formula is C21H24N4O3. The summed E-state index contributed by atoms with van der Waals surface area (Å²) < 4.78 is 5.55. The van der Waals surface area contributed by atoms with E-state index in [-0.39, 0.29) is 18.4 Å². The van der Waals surface area contributed by atoms with Crippen molar-refractivity contribution in [2.24, 2.45) is 0 Å². The van der Waals surface area contributed by atoms with E-state index in [2.05, 4.69) is 15.3 Å². The Morgan fingerprint density at radius 2 is 1.89 bits per heavy atom. The molecule has 2 N–H and O–H groups in total. The summed E-state index contributed by atoms with van der Waals surface area (Å²) in [6, 6.07) is 14.8. The summed E-state index contributed by atoms with van der Waals surface area (Å²) >= 11 is 0. The maximum Gasteiger partial charge on any atom is 0.260 e. The van der Waals surface area contributed by atoms with E-state index >= 15 is 0 Å². The molecule has 0 saturated heterocycles. The Bertz CT molecular complexity index is 917. The van der Waals surface area contributed by atoms with Gasteiger partial charge >= 0.3 is 0 Å². The average Bonchev–Trinajstić information content (AvgIpc) is 3.14. The number of hydrogen-bond donors (Lipinski definition) is 2. The van der Waals surface area contributed by atoms with Gasteiger partial charge in [-0.15, -0.1) is 0 Å². The molecule has 146 valence electrons. The fourth-order valence-corrected chi connectivity index (χ4v) is 2.66. The minimum absolute atomic E-state index is 0.0443. The van der Waals surface area contributed by atoms with Crippen LogP contribution in [0.25, 0.3) is 11.0 Å². The van der Waals surface area contributed by atoms with Gasteiger partial charge in [0.25, 0.3) is 5.91 Å². The number of benzene rings is 2. The van der Waals surface area contributed by atoms with Gasteiger partial charge < -0.3 is 19.9 Å². The number of para-hydroxylation sites is 2. The van der Waals surface area contributed by atoms with Gasteiger partial charge in [0.05, 0.1) is 11.0 Å². The zero-order chi connectivity index (χ0) is 19.9. The van der Waals surface area contributed by atoms with Gasteiger partial charge in [0, 0.05) is 32.1 Å². The molecule has 1 heterocycles. The second-order valence-electron chi connectivity index (χ2n) is 6.48. The first-order valence-corrected chi connectivity index (χ1v) is 9.25. The number of nitrogens with one attached hydrogen (secondary N) is 2. The standard InChI is InChI=1S/C21H24N4O3/c1-3-20(26)22-15-8-10-16(11-9-15)28-14-21(27)25(2)13-12-19-23-17-6-4-5-7-18(17)24-19/h4-11H,3,12-14H2,1-2H3,(H,22,26)(H,23,24). The number of amides is 2. The minimum atomic E-state index is -0.112. The van der Waals surface area contributed by atoms with Gasteiger partial charge in [0.2, 0.25) is 5.91 Å². The molecule has 0 aliphatic rings. The van der Waals surface area contributed by atoms with Crippen LogP contribution in [0.4, 0.5) is 5.69 Å². The minimum Gasteiger partial charge on any atom is -0.484 e. The summed E-state index contributed by atoms with van der Waals surface area (Å²) in [6.07, 6.45) is 1.07. The van der Waals surface area contributed by atoms with Crippen molar-refractivity contribution in [1.82, 2.24) is 14.9 Å². The molecule has 3 rings (SSSR count). The number of likely N-dealkylation sites (N-methyl/N-ethyl adjacent to an activating group) is 1. The number of aromatic nitrogens is 2. The number of rotatable bonds is 8. The first kappa shape index (κ1) is 19.4. The van der Waals surface area contributed by atoms with Crippen LogP contribution in [0.15, 0.2) is 48.5 Å². The highest BCUT2D eigenvalue weighted by molar-refractivity contribution is 5.90. The molecule has 0 radical (unpaired) electrons. The summed E-state index contributed by atoms with van der Waals surface area (Å²) in [4.78, 5) is 33.1. The molecule has 2 aromatic carbocycles. The lowest BCUT2D eigenvalue weighted by molar-refractivity contribution is -0.132. The molecule has 7 nitrogen and oxygen atoms in total. The molecule has 0 bridgehead atoms. The molecule has 1 aromatic heterocycles. The van der Waals surface area contributed by atoms with Gasteiger partial charge in [-0.25, -0.2) is 4.98 Å². The van der Waals surface area contributed by atoms with Crippen molar-refractivity contribution in [2.75, 3.05) is 25.5 Å². The number of carbonyl (C=O) groups is 2. The Morgan fingerprint density at radius 1 is 1.14 bits per heavy atom. The summed E-state index contributed by atoms with van der Waals surface area (Å²) in [5.41, 5.74) is 2.62. The molecule has 0 saturated carbocycles. The predicted molar refractivity (Wildman–Crippen MR) is 108 cm³/mol. The predicted octanol–water partition coefficient (Wildman–Crippen LogP) is 2.99. The second-order valence-corrected chi connectivity index (χ2v) is 6.48. The lowest BCUT2D eigenvalue weighted by Crippen LogP contribution is -2.33. The Hall–Kier alpha value is -3.35. The number of hydrogen-bond acceptors (Lipinski definition) is 4. The number of imidazole rings is 1. The van der Waals surface area contributed by atoms with Crippen LogP contribution in [-0.2, 0) is 16.0 Å². The highest BCUT2D eigenvalue weighted by Gasteiger charge is 2.11. The van der Waals surface area contributed by atoms with E-state index < -0.39 is 0 Å². The van der Waals surface area contributed by atoms with Crippen LogP contribution in [0.3, 0.4) is 0 Å². The first-order valence-electron chi connectivity index (χ1n) is 9.25. The van der Waals surface area contributed by atoms with Gasteiger partial charge in [0.1, 0.15) is 11.6 Å². The molecule has 0 aliphatic heterocycles. The number of carbonyl (C=O) groups excluding carboxylic acids is 2. The van der Waals surface area contributed by atoms with E-state index in [1.807, 2.05) is 24.3 Å². The topological polar surface area (TPSA) is 87.3 Å². The molecule has 2 amide bonds. The van der Waals surface area contributed by atoms with E-state index in [9.17, 15) is 9.59 Å². The van der Waals surface area contributed by atoms with E-state index in [1.54, 1.807) is 43.1 Å². The largest absolute Gasteiger partial charge is 0.484 e. The average molecular weight is 380 g/mol. The third-order valence-electron chi connectivity index (χ3n) is 4.37. The number of H-pyrrole nitrogens is 1. The van der Waals surface area contributed by atoms with Crippen molar-refractivity contribution in [3.8, 4) is 5.75 Å². The van der Waals surface area contributed by atoms with Crippen molar-refractivity contribution in [3.63, 3.8) is 0 Å². The van der Waals surface area contributed by atoms with E-state index in [1.165, 1.54) is 0 Å². The van der Waals surface area contributed by atoms with Gasteiger partial charge in [-0.05, 0) is 36.4 Å². The number of anilines is 1. The Kier molecular flexibility index (Phi) is 6.26. The van der Waals surface area contributed by atoms with Crippen LogP contribution in [0, 0.1) is 0 Å².